The van der Waals surface area contributed by atoms with Gasteiger partial charge in [-0.3, -0.25) is 0 Å². The number of para-hydroxylation sites is 1. The molecule has 0 unspecified atom stereocenters. The molecule has 0 saturated carbocycles. The van der Waals surface area contributed by atoms with E-state index in [1.165, 1.54) is 4.73 Å². The smallest absolute Gasteiger partial charge is 0.356 e. The molecule has 0 aliphatic rings. The van der Waals surface area contributed by atoms with Crippen LogP contribution in [0.1, 0.15) is 16.1 Å². The summed E-state index contributed by atoms with van der Waals surface area (Å²) in [6.45, 7) is 0.260. The van der Waals surface area contributed by atoms with Gasteiger partial charge >= 0.3 is 5.97 Å². The lowest BCUT2D eigenvalue weighted by Gasteiger charge is -2.10. The van der Waals surface area contributed by atoms with Crippen molar-refractivity contribution < 1.29 is 14.7 Å². The molecule has 0 spiro atoms. The molecular formula is C16H12ClNO3. The topological polar surface area (TPSA) is 51.5 Å². The molecule has 0 fully saturated rings. The monoisotopic (exact) mass is 301 g/mol. The largest absolute Gasteiger partial charge is 0.476 e. The highest BCUT2D eigenvalue weighted by Crippen LogP contribution is 2.19. The van der Waals surface area contributed by atoms with E-state index in [1.54, 1.807) is 18.2 Å². The Morgan fingerprint density at radius 2 is 1.86 bits per heavy atom. The Balaban J connectivity index is 1.93. The SMILES string of the molecule is O=C(O)c1cc2ccccc2n1OCc1ccc(Cl)cc1. The zero-order valence-corrected chi connectivity index (χ0v) is 11.7. The zero-order chi connectivity index (χ0) is 14.8. The quantitative estimate of drug-likeness (QED) is 0.800. The van der Waals surface area contributed by atoms with Gasteiger partial charge in [-0.1, -0.05) is 41.9 Å². The van der Waals surface area contributed by atoms with E-state index in [-0.39, 0.29) is 12.3 Å². The van der Waals surface area contributed by atoms with Gasteiger partial charge in [0.2, 0.25) is 0 Å². The Labute approximate surface area is 126 Å². The normalized spacial score (nSPS) is 10.7. The van der Waals surface area contributed by atoms with E-state index in [4.69, 9.17) is 16.4 Å². The second kappa shape index (κ2) is 5.50. The van der Waals surface area contributed by atoms with Crippen LogP contribution < -0.4 is 4.84 Å². The van der Waals surface area contributed by atoms with Crippen LogP contribution in [0.15, 0.2) is 54.6 Å². The lowest BCUT2D eigenvalue weighted by molar-refractivity contribution is 0.0589. The van der Waals surface area contributed by atoms with Gasteiger partial charge in [0.1, 0.15) is 6.61 Å². The predicted octanol–water partition coefficient (Wildman–Crippen LogP) is 3.62. The molecule has 1 N–H and O–H groups in total. The molecule has 21 heavy (non-hydrogen) atoms. The number of rotatable bonds is 4. The van der Waals surface area contributed by atoms with Crippen molar-refractivity contribution in [3.05, 3.63) is 70.9 Å². The second-order valence-electron chi connectivity index (χ2n) is 4.59. The number of carboxylic acid groups (broad SMARTS) is 1. The van der Waals surface area contributed by atoms with Crippen LogP contribution >= 0.6 is 11.6 Å². The van der Waals surface area contributed by atoms with Crippen LogP contribution in [-0.4, -0.2) is 15.8 Å². The number of hydrogen-bond acceptors (Lipinski definition) is 2. The zero-order valence-electron chi connectivity index (χ0n) is 11.0. The maximum absolute atomic E-state index is 11.3. The minimum atomic E-state index is -1.03. The minimum Gasteiger partial charge on any atom is -0.476 e. The van der Waals surface area contributed by atoms with Crippen molar-refractivity contribution in [1.29, 1.82) is 0 Å². The molecule has 3 rings (SSSR count). The Morgan fingerprint density at radius 1 is 1.14 bits per heavy atom. The molecule has 5 heteroatoms. The fourth-order valence-electron chi connectivity index (χ4n) is 2.14. The maximum Gasteiger partial charge on any atom is 0.356 e. The van der Waals surface area contributed by atoms with Crippen LogP contribution in [0.5, 0.6) is 0 Å². The Bertz CT molecular complexity index is 793. The first-order valence-corrected chi connectivity index (χ1v) is 6.74. The lowest BCUT2D eigenvalue weighted by atomic mass is 10.2. The summed E-state index contributed by atoms with van der Waals surface area (Å²) in [7, 11) is 0. The fraction of sp³-hybridized carbons (Fsp3) is 0.0625. The molecule has 0 bridgehead atoms. The molecule has 0 atom stereocenters. The number of aromatic carboxylic acids is 1. The predicted molar refractivity (Wildman–Crippen MR) is 80.6 cm³/mol. The highest BCUT2D eigenvalue weighted by atomic mass is 35.5. The second-order valence-corrected chi connectivity index (χ2v) is 5.02. The van der Waals surface area contributed by atoms with Crippen LogP contribution in [0.25, 0.3) is 10.9 Å². The summed E-state index contributed by atoms with van der Waals surface area (Å²) in [6, 6.07) is 16.2. The Hall–Kier alpha value is -2.46. The fourth-order valence-corrected chi connectivity index (χ4v) is 2.26. The van der Waals surface area contributed by atoms with Crippen LogP contribution in [0.4, 0.5) is 0 Å². The molecule has 2 aromatic carbocycles. The van der Waals surface area contributed by atoms with Gasteiger partial charge in [0, 0.05) is 10.4 Å². The lowest BCUT2D eigenvalue weighted by Crippen LogP contribution is -2.16. The van der Waals surface area contributed by atoms with E-state index in [0.717, 1.165) is 16.5 Å². The molecular weight excluding hydrogens is 290 g/mol. The first kappa shape index (κ1) is 13.5. The van der Waals surface area contributed by atoms with E-state index in [1.807, 2.05) is 36.4 Å². The molecule has 4 nitrogen and oxygen atoms in total. The number of halogens is 1. The van der Waals surface area contributed by atoms with Crippen LogP contribution in [-0.2, 0) is 6.61 Å². The number of carboxylic acids is 1. The van der Waals surface area contributed by atoms with Crippen molar-refractivity contribution in [3.8, 4) is 0 Å². The van der Waals surface area contributed by atoms with Crippen molar-refractivity contribution in [2.45, 2.75) is 6.61 Å². The molecule has 0 saturated heterocycles. The number of fused-ring (bicyclic) bond motifs is 1. The maximum atomic E-state index is 11.3. The molecule has 0 aliphatic carbocycles. The number of benzene rings is 2. The van der Waals surface area contributed by atoms with Crippen molar-refractivity contribution >= 4 is 28.5 Å². The van der Waals surface area contributed by atoms with Gasteiger partial charge in [0.25, 0.3) is 0 Å². The summed E-state index contributed by atoms with van der Waals surface area (Å²) in [4.78, 5) is 17.0. The van der Waals surface area contributed by atoms with E-state index in [9.17, 15) is 9.90 Å². The van der Waals surface area contributed by atoms with Gasteiger partial charge in [-0.05, 0) is 29.8 Å². The van der Waals surface area contributed by atoms with Gasteiger partial charge in [-0.15, -0.1) is 0 Å². The minimum absolute atomic E-state index is 0.102. The molecule has 1 heterocycles. The molecule has 106 valence electrons. The van der Waals surface area contributed by atoms with Gasteiger partial charge in [-0.25, -0.2) is 4.79 Å². The first-order chi connectivity index (χ1) is 10.1. The van der Waals surface area contributed by atoms with Crippen molar-refractivity contribution in [1.82, 2.24) is 4.73 Å². The first-order valence-electron chi connectivity index (χ1n) is 6.36. The van der Waals surface area contributed by atoms with E-state index < -0.39 is 5.97 Å². The Kier molecular flexibility index (Phi) is 3.54. The Morgan fingerprint density at radius 3 is 2.57 bits per heavy atom. The highest BCUT2D eigenvalue weighted by molar-refractivity contribution is 6.30. The van der Waals surface area contributed by atoms with Crippen molar-refractivity contribution in [2.24, 2.45) is 0 Å². The molecule has 3 aromatic rings. The standard InChI is InChI=1S/C16H12ClNO3/c17-13-7-5-11(6-8-13)10-21-18-14-4-2-1-3-12(14)9-15(18)16(19)20/h1-9H,10H2,(H,19,20). The van der Waals surface area contributed by atoms with Gasteiger partial charge in [0.05, 0.1) is 5.52 Å². The number of carbonyl (C=O) groups is 1. The number of hydrogen-bond donors (Lipinski definition) is 1. The highest BCUT2D eigenvalue weighted by Gasteiger charge is 2.15. The van der Waals surface area contributed by atoms with Crippen molar-refractivity contribution in [3.63, 3.8) is 0 Å². The summed E-state index contributed by atoms with van der Waals surface area (Å²) in [5.41, 5.74) is 1.74. The van der Waals surface area contributed by atoms with Crippen LogP contribution in [0.3, 0.4) is 0 Å². The molecule has 0 amide bonds. The van der Waals surface area contributed by atoms with E-state index in [0.29, 0.717) is 5.02 Å². The number of aromatic nitrogens is 1. The molecule has 0 radical (unpaired) electrons. The summed E-state index contributed by atoms with van der Waals surface area (Å²) in [5.74, 6) is -1.03. The van der Waals surface area contributed by atoms with E-state index in [2.05, 4.69) is 0 Å². The average Bonchev–Trinajstić information content (AvgIpc) is 2.86. The summed E-state index contributed by atoms with van der Waals surface area (Å²) < 4.78 is 1.35. The van der Waals surface area contributed by atoms with E-state index >= 15 is 0 Å². The van der Waals surface area contributed by atoms with Crippen LogP contribution in [0, 0.1) is 0 Å². The third kappa shape index (κ3) is 2.71. The van der Waals surface area contributed by atoms with Gasteiger partial charge in [0.15, 0.2) is 5.69 Å². The third-order valence-corrected chi connectivity index (χ3v) is 3.41. The van der Waals surface area contributed by atoms with Crippen molar-refractivity contribution in [2.75, 3.05) is 0 Å². The average molecular weight is 302 g/mol. The number of nitrogens with zero attached hydrogens (tertiary/aromatic N) is 1. The van der Waals surface area contributed by atoms with Gasteiger partial charge in [-0.2, -0.15) is 4.73 Å². The summed E-state index contributed by atoms with van der Waals surface area (Å²) in [5, 5.41) is 10.8. The van der Waals surface area contributed by atoms with Gasteiger partial charge < -0.3 is 9.94 Å². The molecule has 0 aliphatic heterocycles. The summed E-state index contributed by atoms with van der Waals surface area (Å²) in [6.07, 6.45) is 0. The molecule has 1 aromatic heterocycles. The van der Waals surface area contributed by atoms with Crippen LogP contribution in [0.2, 0.25) is 5.02 Å². The third-order valence-electron chi connectivity index (χ3n) is 3.16. The summed E-state index contributed by atoms with van der Waals surface area (Å²) >= 11 is 5.83.